The van der Waals surface area contributed by atoms with Crippen molar-refractivity contribution in [2.45, 2.75) is 6.54 Å². The van der Waals surface area contributed by atoms with Crippen molar-refractivity contribution in [2.75, 3.05) is 6.61 Å². The lowest BCUT2D eigenvalue weighted by Crippen LogP contribution is -2.22. The van der Waals surface area contributed by atoms with Crippen molar-refractivity contribution in [3.8, 4) is 11.8 Å². The van der Waals surface area contributed by atoms with Gasteiger partial charge in [-0.1, -0.05) is 11.8 Å². The number of aliphatic hydroxyl groups excluding tert-OH is 1. The summed E-state index contributed by atoms with van der Waals surface area (Å²) < 4.78 is 0. The molecule has 6 heteroatoms. The molecule has 0 bridgehead atoms. The summed E-state index contributed by atoms with van der Waals surface area (Å²) >= 11 is 1.48. The van der Waals surface area contributed by atoms with Gasteiger partial charge in [0.25, 0.3) is 5.91 Å². The number of carbonyl (C=O) groups excluding carboxylic acids is 1. The van der Waals surface area contributed by atoms with Crippen LogP contribution in [0, 0.1) is 11.8 Å². The number of rotatable bonds is 3. The van der Waals surface area contributed by atoms with Crippen LogP contribution in [0.5, 0.6) is 0 Å². The van der Waals surface area contributed by atoms with E-state index in [0.717, 1.165) is 5.01 Å². The predicted octanol–water partition coefficient (Wildman–Crippen LogP) is 0.812. The Bertz CT molecular complexity index is 614. The summed E-state index contributed by atoms with van der Waals surface area (Å²) in [5, 5.41) is 14.1. The van der Waals surface area contributed by atoms with Gasteiger partial charge >= 0.3 is 0 Å². The summed E-state index contributed by atoms with van der Waals surface area (Å²) in [6.45, 7) is 0.170. The number of aliphatic hydroxyl groups is 1. The molecular weight excluding hydrogens is 262 g/mol. The van der Waals surface area contributed by atoms with Crippen molar-refractivity contribution in [3.63, 3.8) is 0 Å². The predicted molar refractivity (Wildman–Crippen MR) is 71.5 cm³/mol. The molecule has 0 atom stereocenters. The van der Waals surface area contributed by atoms with Crippen molar-refractivity contribution in [1.29, 1.82) is 0 Å². The standard InChI is InChI=1S/C13H11N3O2S/c17-4-1-2-10-6-11(8-14-7-10)13(18)16-9-12-15-3-5-19-12/h3,5-8,17H,4,9H2,(H,16,18). The second-order valence-corrected chi connectivity index (χ2v) is 4.51. The maximum Gasteiger partial charge on any atom is 0.253 e. The Hall–Kier alpha value is -2.23. The smallest absolute Gasteiger partial charge is 0.253 e. The van der Waals surface area contributed by atoms with Crippen LogP contribution in [0.1, 0.15) is 20.9 Å². The number of carbonyl (C=O) groups is 1. The Kier molecular flexibility index (Phi) is 4.61. The first-order valence-electron chi connectivity index (χ1n) is 5.51. The van der Waals surface area contributed by atoms with E-state index in [0.29, 0.717) is 17.7 Å². The molecule has 0 aromatic carbocycles. The van der Waals surface area contributed by atoms with Gasteiger partial charge in [0.1, 0.15) is 11.6 Å². The van der Waals surface area contributed by atoms with Crippen LogP contribution < -0.4 is 5.32 Å². The molecule has 0 aliphatic heterocycles. The third-order valence-corrected chi connectivity index (χ3v) is 2.98. The summed E-state index contributed by atoms with van der Waals surface area (Å²) in [6, 6.07) is 1.63. The average Bonchev–Trinajstić information content (AvgIpc) is 2.96. The lowest BCUT2D eigenvalue weighted by molar-refractivity contribution is 0.0950. The number of nitrogens with one attached hydrogen (secondary N) is 1. The van der Waals surface area contributed by atoms with Gasteiger partial charge in [0.2, 0.25) is 0 Å². The maximum atomic E-state index is 11.9. The molecule has 1 amide bonds. The van der Waals surface area contributed by atoms with E-state index < -0.39 is 0 Å². The highest BCUT2D eigenvalue weighted by Crippen LogP contribution is 2.05. The third kappa shape index (κ3) is 3.88. The van der Waals surface area contributed by atoms with Crippen LogP contribution >= 0.6 is 11.3 Å². The van der Waals surface area contributed by atoms with Crippen LogP contribution in [0.25, 0.3) is 0 Å². The monoisotopic (exact) mass is 273 g/mol. The van der Waals surface area contributed by atoms with Crippen LogP contribution in [0.2, 0.25) is 0 Å². The normalized spacial score (nSPS) is 9.53. The Morgan fingerprint density at radius 1 is 1.47 bits per heavy atom. The zero-order valence-electron chi connectivity index (χ0n) is 9.96. The van der Waals surface area contributed by atoms with E-state index >= 15 is 0 Å². The molecule has 2 aromatic heterocycles. The molecule has 2 N–H and O–H groups in total. The van der Waals surface area contributed by atoms with Gasteiger partial charge in [0.05, 0.1) is 12.1 Å². The Morgan fingerprint density at radius 3 is 3.11 bits per heavy atom. The summed E-state index contributed by atoms with van der Waals surface area (Å²) in [4.78, 5) is 19.9. The van der Waals surface area contributed by atoms with Crippen LogP contribution in [0.4, 0.5) is 0 Å². The second kappa shape index (κ2) is 6.64. The van der Waals surface area contributed by atoms with E-state index in [4.69, 9.17) is 5.11 Å². The minimum Gasteiger partial charge on any atom is -0.384 e. The molecular formula is C13H11N3O2S. The maximum absolute atomic E-state index is 11.9. The van der Waals surface area contributed by atoms with Gasteiger partial charge < -0.3 is 10.4 Å². The van der Waals surface area contributed by atoms with Gasteiger partial charge in [-0.2, -0.15) is 0 Å². The molecule has 2 rings (SSSR count). The molecule has 19 heavy (non-hydrogen) atoms. The fourth-order valence-electron chi connectivity index (χ4n) is 1.37. The average molecular weight is 273 g/mol. The fourth-order valence-corrected chi connectivity index (χ4v) is 1.93. The SMILES string of the molecule is O=C(NCc1nccs1)c1cncc(C#CCO)c1. The van der Waals surface area contributed by atoms with Gasteiger partial charge in [0, 0.05) is 29.5 Å². The molecule has 2 aromatic rings. The van der Waals surface area contributed by atoms with E-state index in [1.165, 1.54) is 17.5 Å². The van der Waals surface area contributed by atoms with E-state index in [9.17, 15) is 4.79 Å². The lowest BCUT2D eigenvalue weighted by Gasteiger charge is -2.03. The van der Waals surface area contributed by atoms with Crippen molar-refractivity contribution in [2.24, 2.45) is 0 Å². The van der Waals surface area contributed by atoms with Gasteiger partial charge in [-0.15, -0.1) is 11.3 Å². The molecule has 0 saturated carbocycles. The summed E-state index contributed by atoms with van der Waals surface area (Å²) in [5.74, 6) is 4.99. The van der Waals surface area contributed by atoms with E-state index in [-0.39, 0.29) is 12.5 Å². The molecule has 96 valence electrons. The van der Waals surface area contributed by atoms with E-state index in [1.54, 1.807) is 18.5 Å². The van der Waals surface area contributed by atoms with E-state index in [2.05, 4.69) is 27.1 Å². The van der Waals surface area contributed by atoms with Crippen molar-refractivity contribution in [1.82, 2.24) is 15.3 Å². The quantitative estimate of drug-likeness (QED) is 0.812. The molecule has 0 radical (unpaired) electrons. The number of amides is 1. The zero-order valence-corrected chi connectivity index (χ0v) is 10.8. The minimum absolute atomic E-state index is 0.222. The Labute approximate surface area is 114 Å². The number of nitrogens with zero attached hydrogens (tertiary/aromatic N) is 2. The molecule has 2 heterocycles. The first kappa shape index (κ1) is 13.2. The number of pyridine rings is 1. The number of hydrogen-bond donors (Lipinski definition) is 2. The summed E-state index contributed by atoms with van der Waals surface area (Å²) in [5.41, 5.74) is 1.03. The zero-order chi connectivity index (χ0) is 13.5. The van der Waals surface area contributed by atoms with Crippen LogP contribution in [0.15, 0.2) is 30.0 Å². The number of aromatic nitrogens is 2. The first-order valence-corrected chi connectivity index (χ1v) is 6.39. The van der Waals surface area contributed by atoms with Crippen LogP contribution in [-0.4, -0.2) is 27.6 Å². The van der Waals surface area contributed by atoms with Gasteiger partial charge in [0.15, 0.2) is 0 Å². The largest absolute Gasteiger partial charge is 0.384 e. The highest BCUT2D eigenvalue weighted by molar-refractivity contribution is 7.09. The third-order valence-electron chi connectivity index (χ3n) is 2.20. The van der Waals surface area contributed by atoms with Crippen molar-refractivity contribution in [3.05, 3.63) is 46.2 Å². The summed E-state index contributed by atoms with van der Waals surface area (Å²) in [6.07, 6.45) is 4.71. The van der Waals surface area contributed by atoms with Gasteiger partial charge in [-0.25, -0.2) is 4.98 Å². The molecule has 0 fully saturated rings. The van der Waals surface area contributed by atoms with Gasteiger partial charge in [-0.05, 0) is 6.07 Å². The van der Waals surface area contributed by atoms with Crippen LogP contribution in [0.3, 0.4) is 0 Å². The highest BCUT2D eigenvalue weighted by Gasteiger charge is 2.06. The highest BCUT2D eigenvalue weighted by atomic mass is 32.1. The second-order valence-electron chi connectivity index (χ2n) is 3.53. The molecule has 0 aliphatic carbocycles. The fraction of sp³-hybridized carbons (Fsp3) is 0.154. The molecule has 0 saturated heterocycles. The lowest BCUT2D eigenvalue weighted by atomic mass is 10.2. The topological polar surface area (TPSA) is 75.1 Å². The Morgan fingerprint density at radius 2 is 2.37 bits per heavy atom. The summed E-state index contributed by atoms with van der Waals surface area (Å²) in [7, 11) is 0. The molecule has 0 spiro atoms. The molecule has 5 nitrogen and oxygen atoms in total. The van der Waals surface area contributed by atoms with E-state index in [1.807, 2.05) is 5.38 Å². The minimum atomic E-state index is -0.227. The number of thiazole rings is 1. The molecule has 0 aliphatic rings. The van der Waals surface area contributed by atoms with Crippen molar-refractivity contribution < 1.29 is 9.90 Å². The Balaban J connectivity index is 2.02. The van der Waals surface area contributed by atoms with Crippen molar-refractivity contribution >= 4 is 17.2 Å². The van der Waals surface area contributed by atoms with Gasteiger partial charge in [-0.3, -0.25) is 9.78 Å². The first-order chi connectivity index (χ1) is 9.29. The van der Waals surface area contributed by atoms with Crippen LogP contribution in [-0.2, 0) is 6.54 Å². The molecule has 0 unspecified atom stereocenters. The number of hydrogen-bond acceptors (Lipinski definition) is 5.